The van der Waals surface area contributed by atoms with E-state index >= 15 is 0 Å². The Bertz CT molecular complexity index is 2780. The van der Waals surface area contributed by atoms with Gasteiger partial charge in [-0.25, -0.2) is 0 Å². The molecule has 0 spiro atoms. The van der Waals surface area contributed by atoms with Gasteiger partial charge in [0, 0.05) is 36.3 Å². The highest BCUT2D eigenvalue weighted by Crippen LogP contribution is 2.31. The molecule has 0 bridgehead atoms. The first-order valence-electron chi connectivity index (χ1n) is 28.1. The quantitative estimate of drug-likeness (QED) is 0.0451. The summed E-state index contributed by atoms with van der Waals surface area (Å²) in [5.41, 5.74) is 1.96. The number of carbonyl (C=O) groups is 8. The lowest BCUT2D eigenvalue weighted by Gasteiger charge is -2.36. The molecule has 2 saturated heterocycles. The van der Waals surface area contributed by atoms with Crippen LogP contribution in [0.5, 0.6) is 0 Å². The predicted octanol–water partition coefficient (Wildman–Crippen LogP) is 6.02. The predicted molar refractivity (Wildman–Crippen MR) is 329 cm³/mol. The van der Waals surface area contributed by atoms with Gasteiger partial charge in [-0.1, -0.05) is 169 Å². The van der Waals surface area contributed by atoms with E-state index in [1.807, 2.05) is 163 Å². The standard InChI is InChI=1S/C64H80N10O8.2ClH/c1-39(65-9)55(75)71-53(63(3,4)5)61(81)73-37-47(35-49(73)59(79)69-51(41-24-15-11-16-25-41)42-26-17-12-18-27-42)67-57(77)45-32-23-33-46(34-45)58(78)68-48-36-50(74(38-48)62(82)54(64(6,7)8)72-56(76)40(2)66-10)60(80)70-52(43-28-19-13-20-29-43)44-30-21-14-22-31-44;;/h11-34,39-40,47-54,65-66H,35-38H2,1-10H3,(H,67,77)(H,68,78)(H,69,79)(H,70,80)(H,71,75)(H,72,76);2*1H/t39-,40-,47-,48-,49-,50?,53-,54-;;/m0../s1. The third-order valence-electron chi connectivity index (χ3n) is 15.4. The van der Waals surface area contributed by atoms with Gasteiger partial charge in [-0.05, 0) is 92.1 Å². The summed E-state index contributed by atoms with van der Waals surface area (Å²) in [5.74, 6) is -3.80. The number of benzene rings is 5. The molecule has 2 fully saturated rings. The van der Waals surface area contributed by atoms with E-state index in [0.29, 0.717) is 0 Å². The Balaban J connectivity index is 0.00000645. The van der Waals surface area contributed by atoms with E-state index in [0.717, 1.165) is 22.3 Å². The van der Waals surface area contributed by atoms with Crippen molar-refractivity contribution in [3.63, 3.8) is 0 Å². The highest BCUT2D eigenvalue weighted by Gasteiger charge is 2.48. The van der Waals surface area contributed by atoms with Crippen LogP contribution in [0.2, 0.25) is 0 Å². The normalized spacial score (nSPS) is 18.2. The van der Waals surface area contributed by atoms with Crippen molar-refractivity contribution in [1.29, 1.82) is 0 Å². The summed E-state index contributed by atoms with van der Waals surface area (Å²) in [4.78, 5) is 117. The highest BCUT2D eigenvalue weighted by molar-refractivity contribution is 6.01. The molecule has 5 aromatic carbocycles. The van der Waals surface area contributed by atoms with Crippen molar-refractivity contribution in [2.24, 2.45) is 10.8 Å². The second-order valence-corrected chi connectivity index (χ2v) is 23.6. The van der Waals surface area contributed by atoms with Gasteiger partial charge in [-0.3, -0.25) is 38.4 Å². The van der Waals surface area contributed by atoms with Crippen molar-refractivity contribution in [2.45, 2.75) is 129 Å². The van der Waals surface area contributed by atoms with E-state index in [2.05, 4.69) is 42.5 Å². The zero-order chi connectivity index (χ0) is 59.5. The molecule has 0 aromatic heterocycles. The molecule has 450 valence electrons. The minimum atomic E-state index is -1.06. The molecule has 18 nitrogen and oxygen atoms in total. The molecule has 20 heteroatoms. The van der Waals surface area contributed by atoms with E-state index in [-0.39, 0.29) is 61.9 Å². The minimum Gasteiger partial charge on any atom is -0.347 e. The molecule has 1 unspecified atom stereocenters. The number of halogens is 2. The number of carbonyl (C=O) groups excluding carboxylic acids is 8. The maximum atomic E-state index is 14.9. The number of likely N-dealkylation sites (N-methyl/N-ethyl adjacent to an activating group) is 2. The largest absolute Gasteiger partial charge is 0.347 e. The van der Waals surface area contributed by atoms with Crippen LogP contribution in [0.4, 0.5) is 0 Å². The number of nitrogens with one attached hydrogen (secondary N) is 8. The molecule has 2 aliphatic heterocycles. The average molecular weight is 1190 g/mol. The van der Waals surface area contributed by atoms with Gasteiger partial charge in [0.25, 0.3) is 11.8 Å². The third-order valence-corrected chi connectivity index (χ3v) is 15.4. The van der Waals surface area contributed by atoms with Gasteiger partial charge < -0.3 is 52.3 Å². The molecule has 0 aliphatic carbocycles. The fourth-order valence-electron chi connectivity index (χ4n) is 10.4. The number of nitrogens with zero attached hydrogens (tertiary/aromatic N) is 2. The molecule has 0 radical (unpaired) electrons. The van der Waals surface area contributed by atoms with Crippen molar-refractivity contribution >= 4 is 72.1 Å². The van der Waals surface area contributed by atoms with Crippen molar-refractivity contribution in [2.75, 3.05) is 27.2 Å². The van der Waals surface area contributed by atoms with Crippen molar-refractivity contribution in [1.82, 2.24) is 52.3 Å². The van der Waals surface area contributed by atoms with Crippen LogP contribution in [-0.4, -0.2) is 133 Å². The Morgan fingerprint density at radius 2 is 0.738 bits per heavy atom. The highest BCUT2D eigenvalue weighted by atomic mass is 35.5. The van der Waals surface area contributed by atoms with Gasteiger partial charge in [0.05, 0.1) is 24.2 Å². The molecule has 7 rings (SSSR count). The number of rotatable bonds is 20. The molecule has 5 aromatic rings. The topological polar surface area (TPSA) is 239 Å². The van der Waals surface area contributed by atoms with Crippen LogP contribution in [0.15, 0.2) is 146 Å². The Hall–Kier alpha value is -7.64. The number of amides is 8. The summed E-state index contributed by atoms with van der Waals surface area (Å²) in [6, 6.07) is 35.9. The lowest BCUT2D eigenvalue weighted by molar-refractivity contribution is -0.144. The molecular formula is C64H82Cl2N10O8. The zero-order valence-electron chi connectivity index (χ0n) is 49.4. The summed E-state index contributed by atoms with van der Waals surface area (Å²) in [5, 5.41) is 24.1. The first kappa shape index (κ1) is 67.2. The van der Waals surface area contributed by atoms with Crippen LogP contribution in [-0.2, 0) is 28.8 Å². The summed E-state index contributed by atoms with van der Waals surface area (Å²) >= 11 is 0. The van der Waals surface area contributed by atoms with Crippen molar-refractivity contribution < 1.29 is 38.4 Å². The van der Waals surface area contributed by atoms with Crippen LogP contribution in [0, 0.1) is 10.8 Å². The SMILES string of the molecule is CN[C@@H](C)C(=O)N[C@@H](C(=O)N1C[C@@H](NC(=O)c2cccc(C(=O)N[C@H]3C[C@@H](C(=O)NC(c4ccccc4)c4ccccc4)N(C(=O)[C@H](NC(=O)[C@H](C)NC)C(C)(C)C)C3)c2)CC1C(=O)NC(c1ccccc1)c1ccccc1)C(C)(C)C.Cl.Cl. The molecule has 2 heterocycles. The molecule has 8 N–H and O–H groups in total. The van der Waals surface area contributed by atoms with Gasteiger partial charge in [-0.15, -0.1) is 24.8 Å². The summed E-state index contributed by atoms with van der Waals surface area (Å²) < 4.78 is 0. The number of hydrogen-bond donors (Lipinski definition) is 8. The number of hydrogen-bond acceptors (Lipinski definition) is 10. The molecule has 0 saturated carbocycles. The van der Waals surface area contributed by atoms with E-state index in [1.165, 1.54) is 15.9 Å². The van der Waals surface area contributed by atoms with Gasteiger partial charge in [0.15, 0.2) is 0 Å². The monoisotopic (exact) mass is 1190 g/mol. The lowest BCUT2D eigenvalue weighted by atomic mass is 9.85. The summed E-state index contributed by atoms with van der Waals surface area (Å²) in [7, 11) is 3.29. The minimum absolute atomic E-state index is 0. The van der Waals surface area contributed by atoms with Crippen molar-refractivity contribution in [3.05, 3.63) is 179 Å². The fraction of sp³-hybridized carbons (Fsp3) is 0.406. The third kappa shape index (κ3) is 16.8. The Morgan fingerprint density at radius 1 is 0.440 bits per heavy atom. The Kier molecular flexibility index (Phi) is 23.8. The van der Waals surface area contributed by atoms with Crippen LogP contribution >= 0.6 is 24.8 Å². The van der Waals surface area contributed by atoms with Gasteiger partial charge in [0.1, 0.15) is 24.2 Å². The van der Waals surface area contributed by atoms with Gasteiger partial charge >= 0.3 is 0 Å². The van der Waals surface area contributed by atoms with Gasteiger partial charge in [0.2, 0.25) is 35.4 Å². The molecular weight excluding hydrogens is 1110 g/mol. The Morgan fingerprint density at radius 3 is 1.01 bits per heavy atom. The maximum Gasteiger partial charge on any atom is 0.251 e. The fourth-order valence-corrected chi connectivity index (χ4v) is 10.4. The number of likely N-dealkylation sites (tertiary alicyclic amines) is 2. The van der Waals surface area contributed by atoms with E-state index < -0.39 is 119 Å². The van der Waals surface area contributed by atoms with E-state index in [4.69, 9.17) is 0 Å². The smallest absolute Gasteiger partial charge is 0.251 e. The molecule has 8 atom stereocenters. The zero-order valence-corrected chi connectivity index (χ0v) is 51.1. The van der Waals surface area contributed by atoms with Crippen molar-refractivity contribution in [3.8, 4) is 0 Å². The Labute approximate surface area is 506 Å². The van der Waals surface area contributed by atoms with Crippen LogP contribution in [0.3, 0.4) is 0 Å². The molecule has 2 aliphatic rings. The van der Waals surface area contributed by atoms with E-state index in [1.54, 1.807) is 46.1 Å². The summed E-state index contributed by atoms with van der Waals surface area (Å²) in [6.07, 6.45) is 0.0732. The molecule has 84 heavy (non-hydrogen) atoms. The lowest BCUT2D eigenvalue weighted by Crippen LogP contribution is -2.59. The van der Waals surface area contributed by atoms with Crippen LogP contribution in [0.1, 0.15) is 123 Å². The second kappa shape index (κ2) is 29.7. The van der Waals surface area contributed by atoms with Crippen LogP contribution < -0.4 is 42.5 Å². The average Bonchev–Trinajstić information content (AvgIpc) is 3.91. The van der Waals surface area contributed by atoms with E-state index in [9.17, 15) is 38.4 Å². The first-order valence-corrected chi connectivity index (χ1v) is 28.1. The van der Waals surface area contributed by atoms with Gasteiger partial charge in [-0.2, -0.15) is 0 Å². The second-order valence-electron chi connectivity index (χ2n) is 23.6. The first-order chi connectivity index (χ1) is 39.0. The summed E-state index contributed by atoms with van der Waals surface area (Å²) in [6.45, 7) is 14.2. The molecule has 8 amide bonds. The maximum absolute atomic E-state index is 14.9. The van der Waals surface area contributed by atoms with Crippen LogP contribution in [0.25, 0.3) is 0 Å².